The van der Waals surface area contributed by atoms with E-state index in [1.54, 1.807) is 12.4 Å². The van der Waals surface area contributed by atoms with Crippen LogP contribution in [-0.2, 0) is 6.54 Å². The monoisotopic (exact) mass is 270 g/mol. The van der Waals surface area contributed by atoms with E-state index in [4.69, 9.17) is 0 Å². The Bertz CT molecular complexity index is 552. The SMILES string of the molecule is CN(C)c1ccc(NC(=O)NCc2cccnc2)cc1. The van der Waals surface area contributed by atoms with Gasteiger partial charge in [0.1, 0.15) is 0 Å². The summed E-state index contributed by atoms with van der Waals surface area (Å²) in [6, 6.07) is 11.2. The topological polar surface area (TPSA) is 57.3 Å². The van der Waals surface area contributed by atoms with Gasteiger partial charge in [-0.25, -0.2) is 4.79 Å². The normalized spacial score (nSPS) is 9.90. The number of urea groups is 1. The molecule has 0 fully saturated rings. The van der Waals surface area contributed by atoms with E-state index in [-0.39, 0.29) is 6.03 Å². The molecule has 0 bridgehead atoms. The van der Waals surface area contributed by atoms with Crippen molar-refractivity contribution in [1.82, 2.24) is 10.3 Å². The summed E-state index contributed by atoms with van der Waals surface area (Å²) in [5, 5.41) is 5.57. The maximum Gasteiger partial charge on any atom is 0.319 e. The van der Waals surface area contributed by atoms with Crippen LogP contribution in [0.3, 0.4) is 0 Å². The number of hydrogen-bond donors (Lipinski definition) is 2. The lowest BCUT2D eigenvalue weighted by molar-refractivity contribution is 0.251. The second-order valence-corrected chi connectivity index (χ2v) is 4.61. The van der Waals surface area contributed by atoms with Crippen molar-refractivity contribution < 1.29 is 4.79 Å². The summed E-state index contributed by atoms with van der Waals surface area (Å²) in [7, 11) is 3.95. The maximum atomic E-state index is 11.8. The Balaban J connectivity index is 1.85. The van der Waals surface area contributed by atoms with Crippen molar-refractivity contribution in [2.75, 3.05) is 24.3 Å². The van der Waals surface area contributed by atoms with Gasteiger partial charge in [0.05, 0.1) is 0 Å². The zero-order valence-corrected chi connectivity index (χ0v) is 11.6. The highest BCUT2D eigenvalue weighted by molar-refractivity contribution is 5.89. The number of nitrogens with zero attached hydrogens (tertiary/aromatic N) is 2. The van der Waals surface area contributed by atoms with Crippen LogP contribution in [0.4, 0.5) is 16.2 Å². The van der Waals surface area contributed by atoms with E-state index in [2.05, 4.69) is 15.6 Å². The molecule has 2 aromatic rings. The summed E-state index contributed by atoms with van der Waals surface area (Å²) in [5.74, 6) is 0. The molecule has 0 saturated carbocycles. The third-order valence-corrected chi connectivity index (χ3v) is 2.82. The molecule has 1 aromatic carbocycles. The first kappa shape index (κ1) is 13.9. The van der Waals surface area contributed by atoms with Gasteiger partial charge in [0, 0.05) is 44.4 Å². The number of rotatable bonds is 4. The number of aromatic nitrogens is 1. The smallest absolute Gasteiger partial charge is 0.319 e. The van der Waals surface area contributed by atoms with E-state index >= 15 is 0 Å². The third-order valence-electron chi connectivity index (χ3n) is 2.82. The van der Waals surface area contributed by atoms with E-state index in [0.717, 1.165) is 16.9 Å². The fourth-order valence-electron chi connectivity index (χ4n) is 1.70. The third kappa shape index (κ3) is 3.98. The van der Waals surface area contributed by atoms with Crippen LogP contribution in [0.2, 0.25) is 0 Å². The number of carbonyl (C=O) groups is 1. The molecule has 1 aromatic heterocycles. The van der Waals surface area contributed by atoms with Gasteiger partial charge in [0.2, 0.25) is 0 Å². The Kier molecular flexibility index (Phi) is 4.55. The Hall–Kier alpha value is -2.56. The summed E-state index contributed by atoms with van der Waals surface area (Å²) in [4.78, 5) is 17.8. The first-order valence-corrected chi connectivity index (χ1v) is 6.36. The van der Waals surface area contributed by atoms with Gasteiger partial charge in [0.15, 0.2) is 0 Å². The molecule has 0 aliphatic heterocycles. The van der Waals surface area contributed by atoms with Crippen LogP contribution in [0.15, 0.2) is 48.8 Å². The van der Waals surface area contributed by atoms with Gasteiger partial charge in [0.25, 0.3) is 0 Å². The molecule has 104 valence electrons. The van der Waals surface area contributed by atoms with Gasteiger partial charge >= 0.3 is 6.03 Å². The van der Waals surface area contributed by atoms with E-state index in [1.165, 1.54) is 0 Å². The molecular formula is C15H18N4O. The van der Waals surface area contributed by atoms with Crippen LogP contribution in [-0.4, -0.2) is 25.1 Å². The van der Waals surface area contributed by atoms with Crippen LogP contribution in [0, 0.1) is 0 Å². The fraction of sp³-hybridized carbons (Fsp3) is 0.200. The summed E-state index contributed by atoms with van der Waals surface area (Å²) in [6.07, 6.45) is 3.43. The van der Waals surface area contributed by atoms with Crippen LogP contribution in [0.25, 0.3) is 0 Å². The minimum atomic E-state index is -0.230. The predicted octanol–water partition coefficient (Wildman–Crippen LogP) is 2.47. The first-order valence-electron chi connectivity index (χ1n) is 6.36. The molecule has 0 spiro atoms. The van der Waals surface area contributed by atoms with Gasteiger partial charge in [-0.1, -0.05) is 6.07 Å². The van der Waals surface area contributed by atoms with E-state index < -0.39 is 0 Å². The number of carbonyl (C=O) groups excluding carboxylic acids is 1. The molecule has 2 rings (SSSR count). The van der Waals surface area contributed by atoms with Crippen molar-refractivity contribution in [3.05, 3.63) is 54.4 Å². The Morgan fingerprint density at radius 3 is 2.55 bits per heavy atom. The second-order valence-electron chi connectivity index (χ2n) is 4.61. The quantitative estimate of drug-likeness (QED) is 0.897. The number of nitrogens with one attached hydrogen (secondary N) is 2. The summed E-state index contributed by atoms with van der Waals surface area (Å²) in [6.45, 7) is 0.454. The molecule has 0 atom stereocenters. The van der Waals surface area contributed by atoms with Crippen molar-refractivity contribution in [3.63, 3.8) is 0 Å². The highest BCUT2D eigenvalue weighted by Crippen LogP contribution is 2.15. The average Bonchev–Trinajstić information content (AvgIpc) is 2.47. The Morgan fingerprint density at radius 1 is 1.20 bits per heavy atom. The molecule has 0 aliphatic carbocycles. The van der Waals surface area contributed by atoms with Crippen molar-refractivity contribution in [3.8, 4) is 0 Å². The first-order chi connectivity index (χ1) is 9.65. The van der Waals surface area contributed by atoms with E-state index in [0.29, 0.717) is 6.54 Å². The highest BCUT2D eigenvalue weighted by atomic mass is 16.2. The molecule has 1 heterocycles. The number of anilines is 2. The minimum Gasteiger partial charge on any atom is -0.378 e. The molecule has 0 radical (unpaired) electrons. The number of benzene rings is 1. The highest BCUT2D eigenvalue weighted by Gasteiger charge is 2.02. The molecule has 0 unspecified atom stereocenters. The van der Waals surface area contributed by atoms with Crippen LogP contribution in [0.1, 0.15) is 5.56 Å². The summed E-state index contributed by atoms with van der Waals surface area (Å²) in [5.41, 5.74) is 2.82. The Labute approximate surface area is 118 Å². The molecule has 5 heteroatoms. The van der Waals surface area contributed by atoms with Crippen LogP contribution in [0.5, 0.6) is 0 Å². The van der Waals surface area contributed by atoms with Gasteiger partial charge < -0.3 is 15.5 Å². The summed E-state index contributed by atoms with van der Waals surface area (Å²) >= 11 is 0. The minimum absolute atomic E-state index is 0.230. The van der Waals surface area contributed by atoms with E-state index in [9.17, 15) is 4.79 Å². The van der Waals surface area contributed by atoms with Crippen molar-refractivity contribution in [2.45, 2.75) is 6.54 Å². The fourth-order valence-corrected chi connectivity index (χ4v) is 1.70. The van der Waals surface area contributed by atoms with Gasteiger partial charge in [-0.2, -0.15) is 0 Å². The number of pyridine rings is 1. The van der Waals surface area contributed by atoms with Crippen LogP contribution >= 0.6 is 0 Å². The van der Waals surface area contributed by atoms with Gasteiger partial charge in [-0.3, -0.25) is 4.98 Å². The number of amides is 2. The zero-order chi connectivity index (χ0) is 14.4. The standard InChI is InChI=1S/C15H18N4O/c1-19(2)14-7-5-13(6-8-14)18-15(20)17-11-12-4-3-9-16-10-12/h3-10H,11H2,1-2H3,(H2,17,18,20). The van der Waals surface area contributed by atoms with Crippen molar-refractivity contribution in [2.24, 2.45) is 0 Å². The van der Waals surface area contributed by atoms with Crippen molar-refractivity contribution >= 4 is 17.4 Å². The van der Waals surface area contributed by atoms with E-state index in [1.807, 2.05) is 55.4 Å². The predicted molar refractivity (Wildman–Crippen MR) is 80.9 cm³/mol. The molecule has 2 N–H and O–H groups in total. The molecule has 20 heavy (non-hydrogen) atoms. The lowest BCUT2D eigenvalue weighted by atomic mass is 10.2. The molecular weight excluding hydrogens is 252 g/mol. The molecule has 0 saturated heterocycles. The molecule has 5 nitrogen and oxygen atoms in total. The second kappa shape index (κ2) is 6.56. The largest absolute Gasteiger partial charge is 0.378 e. The van der Waals surface area contributed by atoms with Gasteiger partial charge in [-0.15, -0.1) is 0 Å². The number of hydrogen-bond acceptors (Lipinski definition) is 3. The Morgan fingerprint density at radius 2 is 1.95 bits per heavy atom. The molecule has 0 aliphatic rings. The molecule has 2 amide bonds. The lowest BCUT2D eigenvalue weighted by Gasteiger charge is -2.13. The maximum absolute atomic E-state index is 11.8. The zero-order valence-electron chi connectivity index (χ0n) is 11.6. The lowest BCUT2D eigenvalue weighted by Crippen LogP contribution is -2.28. The average molecular weight is 270 g/mol. The van der Waals surface area contributed by atoms with Crippen LogP contribution < -0.4 is 15.5 Å². The summed E-state index contributed by atoms with van der Waals surface area (Å²) < 4.78 is 0. The van der Waals surface area contributed by atoms with Gasteiger partial charge in [-0.05, 0) is 35.9 Å². The van der Waals surface area contributed by atoms with Crippen molar-refractivity contribution in [1.29, 1.82) is 0 Å².